The monoisotopic (exact) mass is 225 g/mol. The fourth-order valence-electron chi connectivity index (χ4n) is 3.05. The number of nitrogens with one attached hydrogen (secondary N) is 1. The zero-order valence-electron chi connectivity index (χ0n) is 12.0. The number of rotatable bonds is 4. The van der Waals surface area contributed by atoms with Gasteiger partial charge in [-0.15, -0.1) is 0 Å². The molecule has 0 aromatic carbocycles. The summed E-state index contributed by atoms with van der Waals surface area (Å²) >= 11 is 0. The maximum absolute atomic E-state index is 3.53. The third-order valence-electron chi connectivity index (χ3n) is 4.30. The lowest BCUT2D eigenvalue weighted by molar-refractivity contribution is 0.177. The molecule has 0 aliphatic heterocycles. The van der Waals surface area contributed by atoms with Crippen LogP contribution in [0.1, 0.15) is 66.2 Å². The SMILES string of the molecule is CCC1CCC(NC)C(CCC(C)(C)C)C1. The molecule has 0 bridgehead atoms. The average Bonchev–Trinajstić information content (AvgIpc) is 2.25. The van der Waals surface area contributed by atoms with E-state index < -0.39 is 0 Å². The minimum atomic E-state index is 0.497. The van der Waals surface area contributed by atoms with E-state index in [1.165, 1.54) is 38.5 Å². The predicted octanol–water partition coefficient (Wildman–Crippen LogP) is 4.23. The Labute approximate surface area is 102 Å². The summed E-state index contributed by atoms with van der Waals surface area (Å²) in [7, 11) is 2.14. The third-order valence-corrected chi connectivity index (χ3v) is 4.30. The first-order chi connectivity index (χ1) is 7.46. The highest BCUT2D eigenvalue weighted by molar-refractivity contribution is 4.84. The van der Waals surface area contributed by atoms with Crippen molar-refractivity contribution in [1.82, 2.24) is 5.32 Å². The molecule has 3 atom stereocenters. The van der Waals surface area contributed by atoms with E-state index in [-0.39, 0.29) is 0 Å². The predicted molar refractivity (Wildman–Crippen MR) is 72.7 cm³/mol. The molecule has 0 aromatic heterocycles. The van der Waals surface area contributed by atoms with Crippen molar-refractivity contribution in [3.8, 4) is 0 Å². The third kappa shape index (κ3) is 4.45. The molecule has 1 heteroatoms. The fraction of sp³-hybridized carbons (Fsp3) is 1.00. The number of hydrogen-bond donors (Lipinski definition) is 1. The number of hydrogen-bond acceptors (Lipinski definition) is 1. The van der Waals surface area contributed by atoms with Crippen LogP contribution in [0, 0.1) is 17.3 Å². The van der Waals surface area contributed by atoms with Crippen molar-refractivity contribution in [2.45, 2.75) is 72.3 Å². The first-order valence-electron chi connectivity index (χ1n) is 7.13. The van der Waals surface area contributed by atoms with E-state index in [0.717, 1.165) is 17.9 Å². The molecule has 0 heterocycles. The van der Waals surface area contributed by atoms with E-state index in [0.29, 0.717) is 5.41 Å². The maximum atomic E-state index is 3.53. The Morgan fingerprint density at radius 3 is 2.38 bits per heavy atom. The van der Waals surface area contributed by atoms with Crippen LogP contribution in [-0.2, 0) is 0 Å². The molecule has 1 saturated carbocycles. The van der Waals surface area contributed by atoms with Crippen molar-refractivity contribution in [2.75, 3.05) is 7.05 Å². The molecule has 16 heavy (non-hydrogen) atoms. The normalized spacial score (nSPS) is 31.7. The van der Waals surface area contributed by atoms with E-state index in [2.05, 4.69) is 40.1 Å². The second-order valence-electron chi connectivity index (χ2n) is 6.84. The summed E-state index contributed by atoms with van der Waals surface area (Å²) in [6, 6.07) is 0.783. The van der Waals surface area contributed by atoms with Crippen molar-refractivity contribution in [1.29, 1.82) is 0 Å². The van der Waals surface area contributed by atoms with Gasteiger partial charge in [0.1, 0.15) is 0 Å². The first-order valence-corrected chi connectivity index (χ1v) is 7.13. The van der Waals surface area contributed by atoms with Gasteiger partial charge in [0.15, 0.2) is 0 Å². The second-order valence-corrected chi connectivity index (χ2v) is 6.84. The van der Waals surface area contributed by atoms with Crippen molar-refractivity contribution < 1.29 is 0 Å². The molecule has 1 aliphatic carbocycles. The average molecular weight is 225 g/mol. The summed E-state index contributed by atoms with van der Waals surface area (Å²) in [6.07, 6.45) is 8.44. The quantitative estimate of drug-likeness (QED) is 0.755. The maximum Gasteiger partial charge on any atom is 0.00925 e. The van der Waals surface area contributed by atoms with Crippen LogP contribution >= 0.6 is 0 Å². The molecule has 0 saturated heterocycles. The topological polar surface area (TPSA) is 12.0 Å². The van der Waals surface area contributed by atoms with E-state index in [1.54, 1.807) is 0 Å². The van der Waals surface area contributed by atoms with Crippen LogP contribution in [0.3, 0.4) is 0 Å². The van der Waals surface area contributed by atoms with Gasteiger partial charge in [-0.1, -0.05) is 34.1 Å². The van der Waals surface area contributed by atoms with E-state index >= 15 is 0 Å². The van der Waals surface area contributed by atoms with Gasteiger partial charge in [0.25, 0.3) is 0 Å². The summed E-state index contributed by atoms with van der Waals surface area (Å²) in [6.45, 7) is 9.44. The molecule has 1 N–H and O–H groups in total. The summed E-state index contributed by atoms with van der Waals surface area (Å²) in [5.74, 6) is 1.91. The lowest BCUT2D eigenvalue weighted by atomic mass is 9.73. The highest BCUT2D eigenvalue weighted by Crippen LogP contribution is 2.36. The minimum absolute atomic E-state index is 0.497. The van der Waals surface area contributed by atoms with E-state index in [1.807, 2.05) is 0 Å². The van der Waals surface area contributed by atoms with Crippen molar-refractivity contribution in [3.05, 3.63) is 0 Å². The summed E-state index contributed by atoms with van der Waals surface area (Å²) in [5.41, 5.74) is 0.497. The fourth-order valence-corrected chi connectivity index (χ4v) is 3.05. The smallest absolute Gasteiger partial charge is 0.00925 e. The van der Waals surface area contributed by atoms with Gasteiger partial charge in [0, 0.05) is 6.04 Å². The van der Waals surface area contributed by atoms with Gasteiger partial charge >= 0.3 is 0 Å². The minimum Gasteiger partial charge on any atom is -0.317 e. The zero-order valence-corrected chi connectivity index (χ0v) is 12.0. The van der Waals surface area contributed by atoms with Crippen molar-refractivity contribution in [3.63, 3.8) is 0 Å². The molecule has 1 aliphatic rings. The molecule has 0 aromatic rings. The van der Waals surface area contributed by atoms with Crippen LogP contribution in [0.2, 0.25) is 0 Å². The van der Waals surface area contributed by atoms with Crippen LogP contribution in [0.15, 0.2) is 0 Å². The van der Waals surface area contributed by atoms with Crippen molar-refractivity contribution in [2.24, 2.45) is 17.3 Å². The molecule has 96 valence electrons. The summed E-state index contributed by atoms with van der Waals surface area (Å²) < 4.78 is 0. The second kappa shape index (κ2) is 6.05. The highest BCUT2D eigenvalue weighted by atomic mass is 14.9. The van der Waals surface area contributed by atoms with E-state index in [9.17, 15) is 0 Å². The standard InChI is InChI=1S/C15H31N/c1-6-12-7-8-14(16-5)13(11-12)9-10-15(2,3)4/h12-14,16H,6-11H2,1-5H3. The van der Waals surface area contributed by atoms with Crippen LogP contribution in [0.4, 0.5) is 0 Å². The molecule has 1 rings (SSSR count). The molecule has 0 spiro atoms. The zero-order chi connectivity index (χ0) is 12.2. The van der Waals surface area contributed by atoms with Gasteiger partial charge < -0.3 is 5.32 Å². The van der Waals surface area contributed by atoms with Crippen LogP contribution in [0.5, 0.6) is 0 Å². The Bertz CT molecular complexity index is 192. The van der Waals surface area contributed by atoms with Crippen LogP contribution in [-0.4, -0.2) is 13.1 Å². The summed E-state index contributed by atoms with van der Waals surface area (Å²) in [5, 5.41) is 3.53. The lowest BCUT2D eigenvalue weighted by Crippen LogP contribution is -2.39. The Morgan fingerprint density at radius 1 is 1.19 bits per heavy atom. The van der Waals surface area contributed by atoms with Gasteiger partial charge in [0.05, 0.1) is 0 Å². The van der Waals surface area contributed by atoms with Gasteiger partial charge in [0.2, 0.25) is 0 Å². The lowest BCUT2D eigenvalue weighted by Gasteiger charge is -2.37. The Morgan fingerprint density at radius 2 is 1.88 bits per heavy atom. The van der Waals surface area contributed by atoms with E-state index in [4.69, 9.17) is 0 Å². The van der Waals surface area contributed by atoms with Crippen molar-refractivity contribution >= 4 is 0 Å². The molecule has 0 amide bonds. The molecular weight excluding hydrogens is 194 g/mol. The first kappa shape index (κ1) is 14.0. The van der Waals surface area contributed by atoms with Crippen LogP contribution < -0.4 is 5.32 Å². The van der Waals surface area contributed by atoms with Gasteiger partial charge in [-0.3, -0.25) is 0 Å². The van der Waals surface area contributed by atoms with Crippen LogP contribution in [0.25, 0.3) is 0 Å². The molecule has 3 unspecified atom stereocenters. The molecule has 1 nitrogen and oxygen atoms in total. The molecule has 0 radical (unpaired) electrons. The van der Waals surface area contributed by atoms with Gasteiger partial charge in [-0.05, 0) is 56.4 Å². The van der Waals surface area contributed by atoms with Gasteiger partial charge in [-0.2, -0.15) is 0 Å². The largest absolute Gasteiger partial charge is 0.317 e. The molecular formula is C15H31N. The Balaban J connectivity index is 2.45. The highest BCUT2D eigenvalue weighted by Gasteiger charge is 2.29. The molecule has 1 fully saturated rings. The Kier molecular flexibility index (Phi) is 5.30. The Hall–Kier alpha value is -0.0400. The summed E-state index contributed by atoms with van der Waals surface area (Å²) in [4.78, 5) is 0. The van der Waals surface area contributed by atoms with Gasteiger partial charge in [-0.25, -0.2) is 0 Å².